The van der Waals surface area contributed by atoms with Crippen molar-refractivity contribution in [3.8, 4) is 29.1 Å². The van der Waals surface area contributed by atoms with E-state index in [1.165, 1.54) is 0 Å². The van der Waals surface area contributed by atoms with Crippen molar-refractivity contribution in [1.29, 1.82) is 0 Å². The molecule has 5 nitrogen and oxygen atoms in total. The van der Waals surface area contributed by atoms with E-state index in [4.69, 9.17) is 14.2 Å². The molecule has 0 atom stereocenters. The van der Waals surface area contributed by atoms with Gasteiger partial charge in [0.1, 0.15) is 12.4 Å². The van der Waals surface area contributed by atoms with Crippen molar-refractivity contribution >= 4 is 5.91 Å². The summed E-state index contributed by atoms with van der Waals surface area (Å²) in [6.45, 7) is 2.65. The third-order valence-electron chi connectivity index (χ3n) is 2.48. The van der Waals surface area contributed by atoms with Crippen LogP contribution >= 0.6 is 0 Å². The average molecular weight is 261 g/mol. The molecule has 1 heterocycles. The van der Waals surface area contributed by atoms with Crippen LogP contribution in [0.3, 0.4) is 0 Å². The van der Waals surface area contributed by atoms with Crippen LogP contribution in [0.1, 0.15) is 13.3 Å². The van der Waals surface area contributed by atoms with Crippen LogP contribution in [0.15, 0.2) is 18.2 Å². The van der Waals surface area contributed by atoms with Gasteiger partial charge in [-0.1, -0.05) is 18.8 Å². The molecular formula is C14H15NO4. The van der Waals surface area contributed by atoms with E-state index in [2.05, 4.69) is 17.2 Å². The largest absolute Gasteiger partial charge is 0.481 e. The van der Waals surface area contributed by atoms with Gasteiger partial charge >= 0.3 is 0 Å². The smallest absolute Gasteiger partial charge is 0.231 e. The van der Waals surface area contributed by atoms with Crippen molar-refractivity contribution in [2.45, 2.75) is 13.3 Å². The van der Waals surface area contributed by atoms with Gasteiger partial charge in [-0.3, -0.25) is 4.79 Å². The lowest BCUT2D eigenvalue weighted by atomic mass is 10.3. The summed E-state index contributed by atoms with van der Waals surface area (Å²) in [5.74, 6) is 7.71. The van der Waals surface area contributed by atoms with Crippen LogP contribution < -0.4 is 19.5 Å². The number of nitrogens with one attached hydrogen (secondary N) is 1. The molecule has 19 heavy (non-hydrogen) atoms. The Morgan fingerprint density at radius 1 is 1.37 bits per heavy atom. The molecule has 0 unspecified atom stereocenters. The lowest BCUT2D eigenvalue weighted by Crippen LogP contribution is -2.22. The number of carbonyl (C=O) groups is 1. The molecule has 0 saturated heterocycles. The topological polar surface area (TPSA) is 56.8 Å². The maximum atomic E-state index is 10.9. The van der Waals surface area contributed by atoms with E-state index in [0.29, 0.717) is 24.5 Å². The van der Waals surface area contributed by atoms with E-state index in [9.17, 15) is 4.79 Å². The maximum Gasteiger partial charge on any atom is 0.231 e. The first-order valence-electron chi connectivity index (χ1n) is 6.04. The number of ether oxygens (including phenoxy) is 3. The maximum absolute atomic E-state index is 10.9. The Morgan fingerprint density at radius 3 is 3.05 bits per heavy atom. The molecular weight excluding hydrogens is 246 g/mol. The molecule has 0 aliphatic carbocycles. The molecule has 2 rings (SSSR count). The van der Waals surface area contributed by atoms with Crippen molar-refractivity contribution in [3.63, 3.8) is 0 Å². The highest BCUT2D eigenvalue weighted by Crippen LogP contribution is 2.34. The SMILES string of the molecule is CCC(=O)NCC#CCOc1ccc2c(c1)OCO2. The third kappa shape index (κ3) is 3.81. The molecule has 1 aliphatic rings. The van der Waals surface area contributed by atoms with E-state index in [-0.39, 0.29) is 19.3 Å². The van der Waals surface area contributed by atoms with Gasteiger partial charge in [-0.05, 0) is 12.1 Å². The van der Waals surface area contributed by atoms with Crippen LogP contribution in [0.2, 0.25) is 0 Å². The fourth-order valence-electron chi connectivity index (χ4n) is 1.47. The van der Waals surface area contributed by atoms with Gasteiger partial charge < -0.3 is 19.5 Å². The minimum absolute atomic E-state index is 0.00834. The number of amides is 1. The molecule has 5 heteroatoms. The predicted octanol–water partition coefficient (Wildman–Crippen LogP) is 1.32. The monoisotopic (exact) mass is 261 g/mol. The normalized spacial score (nSPS) is 11.4. The van der Waals surface area contributed by atoms with E-state index >= 15 is 0 Å². The number of carbonyl (C=O) groups excluding carboxylic acids is 1. The van der Waals surface area contributed by atoms with E-state index in [0.717, 1.165) is 5.75 Å². The Morgan fingerprint density at radius 2 is 2.21 bits per heavy atom. The Hall–Kier alpha value is -2.35. The summed E-state index contributed by atoms with van der Waals surface area (Å²) in [7, 11) is 0. The van der Waals surface area contributed by atoms with E-state index in [1.54, 1.807) is 25.1 Å². The highest BCUT2D eigenvalue weighted by atomic mass is 16.7. The van der Waals surface area contributed by atoms with Crippen molar-refractivity contribution in [2.24, 2.45) is 0 Å². The van der Waals surface area contributed by atoms with Gasteiger partial charge in [0.05, 0.1) is 6.54 Å². The second-order valence-corrected chi connectivity index (χ2v) is 3.79. The van der Waals surface area contributed by atoms with Crippen LogP contribution in [-0.4, -0.2) is 25.9 Å². The molecule has 100 valence electrons. The molecule has 1 aliphatic heterocycles. The molecule has 0 bridgehead atoms. The zero-order valence-corrected chi connectivity index (χ0v) is 10.7. The van der Waals surface area contributed by atoms with E-state index < -0.39 is 0 Å². The third-order valence-corrected chi connectivity index (χ3v) is 2.48. The number of hydrogen-bond acceptors (Lipinski definition) is 4. The van der Waals surface area contributed by atoms with Gasteiger partial charge in [-0.25, -0.2) is 0 Å². The van der Waals surface area contributed by atoms with Gasteiger partial charge in [-0.2, -0.15) is 0 Å². The molecule has 0 aromatic heterocycles. The van der Waals surface area contributed by atoms with Crippen LogP contribution in [-0.2, 0) is 4.79 Å². The summed E-state index contributed by atoms with van der Waals surface area (Å²) in [5, 5.41) is 2.66. The Kier molecular flexibility index (Phi) is 4.51. The summed E-state index contributed by atoms with van der Waals surface area (Å²) in [6.07, 6.45) is 0.468. The lowest BCUT2D eigenvalue weighted by Gasteiger charge is -2.02. The Labute approximate surface area is 111 Å². The summed E-state index contributed by atoms with van der Waals surface area (Å²) in [4.78, 5) is 10.9. The molecule has 1 aromatic carbocycles. The number of hydrogen-bond donors (Lipinski definition) is 1. The van der Waals surface area contributed by atoms with Crippen LogP contribution in [0, 0.1) is 11.8 Å². The Balaban J connectivity index is 1.74. The lowest BCUT2D eigenvalue weighted by molar-refractivity contribution is -0.120. The quantitative estimate of drug-likeness (QED) is 0.831. The first kappa shape index (κ1) is 13.1. The minimum atomic E-state index is -0.00834. The molecule has 0 radical (unpaired) electrons. The van der Waals surface area contributed by atoms with Gasteiger partial charge in [-0.15, -0.1) is 0 Å². The predicted molar refractivity (Wildman–Crippen MR) is 69.1 cm³/mol. The number of benzene rings is 1. The number of rotatable bonds is 4. The summed E-state index contributed by atoms with van der Waals surface area (Å²) < 4.78 is 15.9. The zero-order valence-electron chi connectivity index (χ0n) is 10.7. The zero-order chi connectivity index (χ0) is 13.5. The molecule has 1 aromatic rings. The van der Waals surface area contributed by atoms with Crippen molar-refractivity contribution < 1.29 is 19.0 Å². The summed E-state index contributed by atoms with van der Waals surface area (Å²) >= 11 is 0. The molecule has 1 amide bonds. The second-order valence-electron chi connectivity index (χ2n) is 3.79. The van der Waals surface area contributed by atoms with Gasteiger partial charge in [0.25, 0.3) is 0 Å². The Bertz CT molecular complexity index is 516. The van der Waals surface area contributed by atoms with Crippen LogP contribution in [0.5, 0.6) is 17.2 Å². The molecule has 0 spiro atoms. The highest BCUT2D eigenvalue weighted by molar-refractivity contribution is 5.75. The highest BCUT2D eigenvalue weighted by Gasteiger charge is 2.13. The fourth-order valence-corrected chi connectivity index (χ4v) is 1.47. The molecule has 1 N–H and O–H groups in total. The summed E-state index contributed by atoms with van der Waals surface area (Å²) in [6, 6.07) is 5.36. The number of fused-ring (bicyclic) bond motifs is 1. The minimum Gasteiger partial charge on any atom is -0.481 e. The first-order valence-corrected chi connectivity index (χ1v) is 6.04. The standard InChI is InChI=1S/C14H15NO4/c1-2-14(16)15-7-3-4-8-17-11-5-6-12-13(9-11)19-10-18-12/h5-6,9H,2,7-8,10H2,1H3,(H,15,16). The average Bonchev–Trinajstić information content (AvgIpc) is 2.89. The van der Waals surface area contributed by atoms with Gasteiger partial charge in [0.15, 0.2) is 11.5 Å². The first-order chi connectivity index (χ1) is 9.29. The fraction of sp³-hybridized carbons (Fsp3) is 0.357. The van der Waals surface area contributed by atoms with Gasteiger partial charge in [0.2, 0.25) is 12.7 Å². The van der Waals surface area contributed by atoms with E-state index in [1.807, 2.05) is 0 Å². The summed E-state index contributed by atoms with van der Waals surface area (Å²) in [5.41, 5.74) is 0. The van der Waals surface area contributed by atoms with Crippen molar-refractivity contribution in [3.05, 3.63) is 18.2 Å². The molecule has 0 saturated carbocycles. The second kappa shape index (κ2) is 6.55. The van der Waals surface area contributed by atoms with Gasteiger partial charge in [0, 0.05) is 12.5 Å². The van der Waals surface area contributed by atoms with Crippen molar-refractivity contribution in [2.75, 3.05) is 19.9 Å². The van der Waals surface area contributed by atoms with Crippen molar-refractivity contribution in [1.82, 2.24) is 5.32 Å². The van der Waals surface area contributed by atoms with Crippen LogP contribution in [0.4, 0.5) is 0 Å². The molecule has 0 fully saturated rings. The van der Waals surface area contributed by atoms with Crippen LogP contribution in [0.25, 0.3) is 0 Å².